The van der Waals surface area contributed by atoms with Crippen molar-refractivity contribution in [3.8, 4) is 0 Å². The summed E-state index contributed by atoms with van der Waals surface area (Å²) in [6.07, 6.45) is 1.92. The third kappa shape index (κ3) is 7.13. The number of carbonyl (C=O) groups excluding carboxylic acids is 1. The van der Waals surface area contributed by atoms with E-state index in [1.54, 1.807) is 14.2 Å². The molecule has 7 nitrogen and oxygen atoms in total. The number of hydrogen-bond donors (Lipinski definition) is 2. The normalized spacial score (nSPS) is 17.0. The summed E-state index contributed by atoms with van der Waals surface area (Å²) in [5.74, 6) is 1.43. The highest BCUT2D eigenvalue weighted by Gasteiger charge is 2.24. The third-order valence-electron chi connectivity index (χ3n) is 4.78. The molecule has 1 aliphatic heterocycles. The molecule has 1 saturated heterocycles. The van der Waals surface area contributed by atoms with Gasteiger partial charge in [0, 0.05) is 51.8 Å². The van der Waals surface area contributed by atoms with E-state index in [4.69, 9.17) is 14.5 Å². The summed E-state index contributed by atoms with van der Waals surface area (Å²) in [5.41, 5.74) is 1.80. The second kappa shape index (κ2) is 12.4. The molecule has 2 rings (SSSR count). The van der Waals surface area contributed by atoms with Crippen molar-refractivity contribution in [1.29, 1.82) is 0 Å². The predicted octanol–water partition coefficient (Wildman–Crippen LogP) is 1.54. The molecule has 0 aliphatic carbocycles. The Kier molecular flexibility index (Phi) is 9.79. The fourth-order valence-electron chi connectivity index (χ4n) is 3.28. The minimum atomic E-state index is -0.0606. The Balaban J connectivity index is 1.86. The molecule has 1 aliphatic rings. The minimum Gasteiger partial charge on any atom is -0.382 e. The van der Waals surface area contributed by atoms with Gasteiger partial charge in [0.15, 0.2) is 5.96 Å². The zero-order valence-electron chi connectivity index (χ0n) is 17.4. The van der Waals surface area contributed by atoms with E-state index in [0.29, 0.717) is 31.2 Å². The molecule has 1 aromatic carbocycles. The van der Waals surface area contributed by atoms with Gasteiger partial charge in [-0.3, -0.25) is 9.79 Å². The standard InChI is InChI=1S/C21H34N4O3/c1-4-23-21(25-11-9-18(15-25)16-28-13-12-27-3)24-10-8-17-6-5-7-19(14-17)20(26)22-2/h5-7,14,18H,4,8-13,15-16H2,1-3H3,(H,22,26)(H,23,24). The van der Waals surface area contributed by atoms with Crippen molar-refractivity contribution in [2.24, 2.45) is 10.9 Å². The fraction of sp³-hybridized carbons (Fsp3) is 0.619. The van der Waals surface area contributed by atoms with E-state index >= 15 is 0 Å². The van der Waals surface area contributed by atoms with Crippen molar-refractivity contribution < 1.29 is 14.3 Å². The summed E-state index contributed by atoms with van der Waals surface area (Å²) >= 11 is 0. The molecule has 1 heterocycles. The minimum absolute atomic E-state index is 0.0606. The van der Waals surface area contributed by atoms with Gasteiger partial charge in [-0.25, -0.2) is 0 Å². The maximum Gasteiger partial charge on any atom is 0.251 e. The van der Waals surface area contributed by atoms with Gasteiger partial charge >= 0.3 is 0 Å². The Morgan fingerprint density at radius 3 is 2.96 bits per heavy atom. The van der Waals surface area contributed by atoms with Crippen LogP contribution in [0.15, 0.2) is 29.3 Å². The molecule has 1 fully saturated rings. The summed E-state index contributed by atoms with van der Waals surface area (Å²) in [6.45, 7) is 7.63. The van der Waals surface area contributed by atoms with Crippen LogP contribution in [0.5, 0.6) is 0 Å². The number of benzene rings is 1. The van der Waals surface area contributed by atoms with E-state index in [9.17, 15) is 4.79 Å². The van der Waals surface area contributed by atoms with Gasteiger partial charge in [-0.05, 0) is 37.5 Å². The van der Waals surface area contributed by atoms with Crippen molar-refractivity contribution in [2.45, 2.75) is 19.8 Å². The van der Waals surface area contributed by atoms with Gasteiger partial charge in [0.25, 0.3) is 5.91 Å². The Morgan fingerprint density at radius 2 is 2.21 bits per heavy atom. The van der Waals surface area contributed by atoms with Crippen LogP contribution in [0, 0.1) is 5.92 Å². The van der Waals surface area contributed by atoms with Gasteiger partial charge in [0.1, 0.15) is 0 Å². The summed E-state index contributed by atoms with van der Waals surface area (Å²) in [7, 11) is 3.34. The maximum absolute atomic E-state index is 11.8. The van der Waals surface area contributed by atoms with Crippen molar-refractivity contribution in [1.82, 2.24) is 15.5 Å². The van der Waals surface area contributed by atoms with Crippen LogP contribution in [0.4, 0.5) is 0 Å². The lowest BCUT2D eigenvalue weighted by Gasteiger charge is -2.21. The Labute approximate surface area is 168 Å². The SMILES string of the molecule is CCNC(=NCCc1cccc(C(=O)NC)c1)N1CCC(COCCOC)C1. The fourth-order valence-corrected chi connectivity index (χ4v) is 3.28. The van der Waals surface area contributed by atoms with Gasteiger partial charge in [-0.1, -0.05) is 12.1 Å². The molecule has 1 amide bonds. The molecule has 1 atom stereocenters. The average Bonchev–Trinajstić information content (AvgIpc) is 3.19. The predicted molar refractivity (Wildman–Crippen MR) is 112 cm³/mol. The molecule has 0 aromatic heterocycles. The number of amides is 1. The topological polar surface area (TPSA) is 75.2 Å². The van der Waals surface area contributed by atoms with E-state index in [1.807, 2.05) is 24.3 Å². The first kappa shape index (κ1) is 22.2. The summed E-state index contributed by atoms with van der Waals surface area (Å²) in [6, 6.07) is 7.72. The molecule has 2 N–H and O–H groups in total. The smallest absolute Gasteiger partial charge is 0.251 e. The first-order valence-corrected chi connectivity index (χ1v) is 10.1. The third-order valence-corrected chi connectivity index (χ3v) is 4.78. The number of aliphatic imine (C=N–C) groups is 1. The number of nitrogens with one attached hydrogen (secondary N) is 2. The zero-order valence-corrected chi connectivity index (χ0v) is 17.4. The number of likely N-dealkylation sites (tertiary alicyclic amines) is 1. The van der Waals surface area contributed by atoms with Gasteiger partial charge in [-0.2, -0.15) is 0 Å². The molecule has 7 heteroatoms. The van der Waals surface area contributed by atoms with Crippen LogP contribution in [-0.4, -0.2) is 76.9 Å². The van der Waals surface area contributed by atoms with Crippen molar-refractivity contribution in [3.63, 3.8) is 0 Å². The van der Waals surface area contributed by atoms with E-state index in [1.165, 1.54) is 0 Å². The summed E-state index contributed by atoms with van der Waals surface area (Å²) in [4.78, 5) is 18.9. The zero-order chi connectivity index (χ0) is 20.2. The highest BCUT2D eigenvalue weighted by atomic mass is 16.5. The molecular weight excluding hydrogens is 356 g/mol. The number of ether oxygens (including phenoxy) is 2. The van der Waals surface area contributed by atoms with Crippen LogP contribution < -0.4 is 10.6 Å². The summed E-state index contributed by atoms with van der Waals surface area (Å²) < 4.78 is 10.7. The first-order valence-electron chi connectivity index (χ1n) is 10.1. The second-order valence-corrected chi connectivity index (χ2v) is 6.93. The first-order chi connectivity index (χ1) is 13.7. The maximum atomic E-state index is 11.8. The van der Waals surface area contributed by atoms with Gasteiger partial charge in [-0.15, -0.1) is 0 Å². The van der Waals surface area contributed by atoms with Crippen molar-refractivity contribution in [2.75, 3.05) is 60.2 Å². The number of guanidine groups is 1. The van der Waals surface area contributed by atoms with Crippen LogP contribution in [0.25, 0.3) is 0 Å². The average molecular weight is 391 g/mol. The van der Waals surface area contributed by atoms with E-state index < -0.39 is 0 Å². The molecular formula is C21H34N4O3. The Bertz CT molecular complexity index is 636. The van der Waals surface area contributed by atoms with Crippen molar-refractivity contribution in [3.05, 3.63) is 35.4 Å². The molecule has 1 aromatic rings. The number of carbonyl (C=O) groups is 1. The molecule has 156 valence electrons. The van der Waals surface area contributed by atoms with Crippen LogP contribution in [0.2, 0.25) is 0 Å². The molecule has 1 unspecified atom stereocenters. The quantitative estimate of drug-likeness (QED) is 0.360. The van der Waals surface area contributed by atoms with E-state index in [0.717, 1.165) is 50.6 Å². The monoisotopic (exact) mass is 390 g/mol. The van der Waals surface area contributed by atoms with E-state index in [-0.39, 0.29) is 5.91 Å². The second-order valence-electron chi connectivity index (χ2n) is 6.93. The lowest BCUT2D eigenvalue weighted by molar-refractivity contribution is 0.0536. The molecule has 0 bridgehead atoms. The Hall–Kier alpha value is -2.12. The highest BCUT2D eigenvalue weighted by Crippen LogP contribution is 2.17. The number of methoxy groups -OCH3 is 1. The van der Waals surface area contributed by atoms with Gasteiger partial charge < -0.3 is 25.0 Å². The van der Waals surface area contributed by atoms with Crippen LogP contribution >= 0.6 is 0 Å². The Morgan fingerprint density at radius 1 is 1.36 bits per heavy atom. The molecule has 0 radical (unpaired) electrons. The molecule has 0 saturated carbocycles. The van der Waals surface area contributed by atoms with Crippen LogP contribution in [0.1, 0.15) is 29.3 Å². The number of hydrogen-bond acceptors (Lipinski definition) is 4. The number of rotatable bonds is 10. The summed E-state index contributed by atoms with van der Waals surface area (Å²) in [5, 5.41) is 6.06. The van der Waals surface area contributed by atoms with Crippen LogP contribution in [0.3, 0.4) is 0 Å². The molecule has 28 heavy (non-hydrogen) atoms. The van der Waals surface area contributed by atoms with Gasteiger partial charge in [0.2, 0.25) is 0 Å². The highest BCUT2D eigenvalue weighted by molar-refractivity contribution is 5.94. The largest absolute Gasteiger partial charge is 0.382 e. The van der Waals surface area contributed by atoms with Crippen molar-refractivity contribution >= 4 is 11.9 Å². The van der Waals surface area contributed by atoms with Gasteiger partial charge in [0.05, 0.1) is 19.8 Å². The van der Waals surface area contributed by atoms with E-state index in [2.05, 4.69) is 22.5 Å². The molecule has 0 spiro atoms. The van der Waals surface area contributed by atoms with Crippen LogP contribution in [-0.2, 0) is 15.9 Å². The lowest BCUT2D eigenvalue weighted by Crippen LogP contribution is -2.40. The number of nitrogens with zero attached hydrogens (tertiary/aromatic N) is 2. The lowest BCUT2D eigenvalue weighted by atomic mass is 10.1.